The number of methoxy groups -OCH3 is 1. The first-order valence-corrected chi connectivity index (χ1v) is 11.6. The molecule has 1 aliphatic rings. The third kappa shape index (κ3) is 4.56. The van der Waals surface area contributed by atoms with Crippen molar-refractivity contribution < 1.29 is 13.9 Å². The lowest BCUT2D eigenvalue weighted by Gasteiger charge is -2.14. The molecule has 0 aliphatic carbocycles. The lowest BCUT2D eigenvalue weighted by molar-refractivity contribution is -0.122. The number of likely N-dealkylation sites (N-methyl/N-ethyl adjacent to an activating group) is 1. The minimum absolute atomic E-state index is 0.103. The van der Waals surface area contributed by atoms with Gasteiger partial charge in [0.15, 0.2) is 5.17 Å². The molecular weight excluding hydrogens is 461 g/mol. The summed E-state index contributed by atoms with van der Waals surface area (Å²) in [6.07, 6.45) is 1.89. The molecule has 0 radical (unpaired) electrons. The molecule has 33 heavy (non-hydrogen) atoms. The van der Waals surface area contributed by atoms with E-state index in [0.29, 0.717) is 33.1 Å². The van der Waals surface area contributed by atoms with Crippen LogP contribution in [-0.4, -0.2) is 34.2 Å². The van der Waals surface area contributed by atoms with E-state index in [1.807, 2.05) is 45.0 Å². The molecule has 1 fully saturated rings. The predicted molar refractivity (Wildman–Crippen MR) is 133 cm³/mol. The fourth-order valence-electron chi connectivity index (χ4n) is 3.78. The molecule has 1 amide bonds. The van der Waals surface area contributed by atoms with E-state index in [0.717, 1.165) is 22.6 Å². The van der Waals surface area contributed by atoms with Gasteiger partial charge in [-0.15, -0.1) is 0 Å². The van der Waals surface area contributed by atoms with Crippen molar-refractivity contribution in [3.05, 3.63) is 81.2 Å². The van der Waals surface area contributed by atoms with Gasteiger partial charge in [0, 0.05) is 23.0 Å². The highest BCUT2D eigenvalue weighted by atomic mass is 35.5. The highest BCUT2D eigenvalue weighted by molar-refractivity contribution is 8.18. The van der Waals surface area contributed by atoms with Crippen molar-refractivity contribution in [2.45, 2.75) is 20.8 Å². The number of amidine groups is 1. The van der Waals surface area contributed by atoms with Crippen molar-refractivity contribution in [2.24, 2.45) is 4.99 Å². The largest absolute Gasteiger partial charge is 0.495 e. The van der Waals surface area contributed by atoms with Crippen LogP contribution in [0.25, 0.3) is 11.8 Å². The zero-order chi connectivity index (χ0) is 23.7. The van der Waals surface area contributed by atoms with Crippen molar-refractivity contribution in [3.63, 3.8) is 0 Å². The summed E-state index contributed by atoms with van der Waals surface area (Å²) in [7, 11) is 1.62. The van der Waals surface area contributed by atoms with Crippen molar-refractivity contribution in [1.29, 1.82) is 0 Å². The second-order valence-corrected chi connectivity index (χ2v) is 8.95. The maximum absolute atomic E-state index is 13.2. The molecule has 0 bridgehead atoms. The van der Waals surface area contributed by atoms with E-state index in [1.54, 1.807) is 30.2 Å². The van der Waals surface area contributed by atoms with E-state index in [4.69, 9.17) is 16.3 Å². The monoisotopic (exact) mass is 483 g/mol. The van der Waals surface area contributed by atoms with E-state index in [1.165, 1.54) is 23.9 Å². The van der Waals surface area contributed by atoms with Crippen LogP contribution < -0.4 is 4.74 Å². The Bertz CT molecular complexity index is 1280. The molecule has 2 aromatic carbocycles. The normalized spacial score (nSPS) is 16.3. The molecule has 8 heteroatoms. The molecule has 1 saturated heterocycles. The van der Waals surface area contributed by atoms with E-state index in [-0.39, 0.29) is 11.7 Å². The Morgan fingerprint density at radius 2 is 1.88 bits per heavy atom. The Morgan fingerprint density at radius 3 is 2.55 bits per heavy atom. The summed E-state index contributed by atoms with van der Waals surface area (Å²) in [5.74, 6) is 0.278. The molecule has 0 saturated carbocycles. The molecule has 5 nitrogen and oxygen atoms in total. The maximum atomic E-state index is 13.2. The number of rotatable bonds is 5. The van der Waals surface area contributed by atoms with Gasteiger partial charge in [-0.2, -0.15) is 0 Å². The van der Waals surface area contributed by atoms with Gasteiger partial charge in [0.05, 0.1) is 23.4 Å². The molecule has 1 aliphatic heterocycles. The lowest BCUT2D eigenvalue weighted by atomic mass is 10.2. The molecule has 0 unspecified atom stereocenters. The third-order valence-corrected chi connectivity index (χ3v) is 6.64. The molecule has 170 valence electrons. The van der Waals surface area contributed by atoms with Crippen molar-refractivity contribution in [2.75, 3.05) is 13.7 Å². The zero-order valence-corrected chi connectivity index (χ0v) is 20.3. The summed E-state index contributed by atoms with van der Waals surface area (Å²) >= 11 is 7.56. The summed E-state index contributed by atoms with van der Waals surface area (Å²) in [6, 6.07) is 13.4. The first-order valence-electron chi connectivity index (χ1n) is 10.4. The van der Waals surface area contributed by atoms with Crippen LogP contribution in [0.15, 0.2) is 58.4 Å². The number of carbonyl (C=O) groups excluding carboxylic acids is 1. The van der Waals surface area contributed by atoms with Crippen LogP contribution in [0.3, 0.4) is 0 Å². The number of hydrogen-bond donors (Lipinski definition) is 0. The Balaban J connectivity index is 1.73. The van der Waals surface area contributed by atoms with Crippen molar-refractivity contribution >= 4 is 46.2 Å². The van der Waals surface area contributed by atoms with Crippen LogP contribution in [0.5, 0.6) is 5.75 Å². The highest BCUT2D eigenvalue weighted by Gasteiger charge is 2.32. The SMILES string of the molecule is CCN1C(=O)/C(=C\c2cc(C)n(-c3cc(Cl)ccc3OC)c2C)SC1=Nc1ccc(F)cc1. The maximum Gasteiger partial charge on any atom is 0.266 e. The van der Waals surface area contributed by atoms with Gasteiger partial charge in [-0.25, -0.2) is 9.38 Å². The molecule has 3 aromatic rings. The van der Waals surface area contributed by atoms with Crippen LogP contribution in [-0.2, 0) is 4.79 Å². The average molecular weight is 484 g/mol. The van der Waals surface area contributed by atoms with Crippen LogP contribution in [0.4, 0.5) is 10.1 Å². The number of thioether (sulfide) groups is 1. The smallest absolute Gasteiger partial charge is 0.266 e. The lowest BCUT2D eigenvalue weighted by Crippen LogP contribution is -2.28. The fourth-order valence-corrected chi connectivity index (χ4v) is 5.00. The summed E-state index contributed by atoms with van der Waals surface area (Å²) < 4.78 is 20.8. The van der Waals surface area contributed by atoms with E-state index in [2.05, 4.69) is 9.56 Å². The first kappa shape index (κ1) is 23.1. The standard InChI is InChI=1S/C25H23ClFN3O2S/c1-5-29-24(31)23(33-25(29)28-20-9-7-19(27)8-10-20)13-17-12-15(2)30(16(17)3)21-14-18(26)6-11-22(21)32-4/h6-14H,5H2,1-4H3/b23-13+,28-25?. The minimum atomic E-state index is -0.325. The number of amides is 1. The topological polar surface area (TPSA) is 46.8 Å². The van der Waals surface area contributed by atoms with Gasteiger partial charge in [0.25, 0.3) is 5.91 Å². The Labute approximate surface area is 201 Å². The summed E-state index contributed by atoms with van der Waals surface area (Å²) in [5.41, 5.74) is 4.30. The van der Waals surface area contributed by atoms with Crippen LogP contribution in [0.1, 0.15) is 23.9 Å². The molecule has 1 aromatic heterocycles. The van der Waals surface area contributed by atoms with Crippen molar-refractivity contribution in [3.8, 4) is 11.4 Å². The van der Waals surface area contributed by atoms with Gasteiger partial charge in [-0.05, 0) is 92.7 Å². The Morgan fingerprint density at radius 1 is 1.15 bits per heavy atom. The number of ether oxygens (including phenoxy) is 1. The number of nitrogens with zero attached hydrogens (tertiary/aromatic N) is 3. The predicted octanol–water partition coefficient (Wildman–Crippen LogP) is 6.52. The third-order valence-electron chi connectivity index (χ3n) is 5.39. The molecule has 2 heterocycles. The summed E-state index contributed by atoms with van der Waals surface area (Å²) in [4.78, 5) is 19.8. The highest BCUT2D eigenvalue weighted by Crippen LogP contribution is 2.36. The minimum Gasteiger partial charge on any atom is -0.495 e. The second-order valence-electron chi connectivity index (χ2n) is 7.51. The molecular formula is C25H23ClFN3O2S. The molecule has 4 rings (SSSR count). The van der Waals surface area contributed by atoms with Crippen LogP contribution >= 0.6 is 23.4 Å². The Kier molecular flexibility index (Phi) is 6.63. The van der Waals surface area contributed by atoms with Gasteiger partial charge in [-0.1, -0.05) is 11.6 Å². The van der Waals surface area contributed by atoms with Gasteiger partial charge < -0.3 is 9.30 Å². The number of halogens is 2. The van der Waals surface area contributed by atoms with Crippen LogP contribution in [0, 0.1) is 19.7 Å². The average Bonchev–Trinajstić information content (AvgIpc) is 3.24. The van der Waals surface area contributed by atoms with E-state index >= 15 is 0 Å². The number of carbonyl (C=O) groups is 1. The number of aromatic nitrogens is 1. The Hall–Kier alpha value is -3.03. The second kappa shape index (κ2) is 9.45. The number of hydrogen-bond acceptors (Lipinski definition) is 4. The van der Waals surface area contributed by atoms with Gasteiger partial charge in [-0.3, -0.25) is 9.69 Å². The first-order chi connectivity index (χ1) is 15.8. The number of aliphatic imine (C=N–C) groups is 1. The number of benzene rings is 2. The van der Waals surface area contributed by atoms with Gasteiger partial charge in [0.2, 0.25) is 0 Å². The van der Waals surface area contributed by atoms with Crippen LogP contribution in [0.2, 0.25) is 5.02 Å². The summed E-state index contributed by atoms with van der Waals surface area (Å²) in [5, 5.41) is 1.19. The molecule has 0 spiro atoms. The quantitative estimate of drug-likeness (QED) is 0.388. The van der Waals surface area contributed by atoms with E-state index in [9.17, 15) is 9.18 Å². The number of aryl methyl sites for hydroxylation is 1. The molecule has 0 N–H and O–H groups in total. The van der Waals surface area contributed by atoms with E-state index < -0.39 is 0 Å². The zero-order valence-electron chi connectivity index (χ0n) is 18.7. The van der Waals surface area contributed by atoms with Gasteiger partial charge >= 0.3 is 0 Å². The summed E-state index contributed by atoms with van der Waals surface area (Å²) in [6.45, 7) is 6.38. The fraction of sp³-hybridized carbons (Fsp3) is 0.200. The van der Waals surface area contributed by atoms with Crippen molar-refractivity contribution in [1.82, 2.24) is 9.47 Å². The molecule has 0 atom stereocenters. The van der Waals surface area contributed by atoms with Gasteiger partial charge in [0.1, 0.15) is 11.6 Å².